The highest BCUT2D eigenvalue weighted by molar-refractivity contribution is 14.0. The Morgan fingerprint density at radius 3 is 2.94 bits per heavy atom. The molecule has 9 heteroatoms. The molecule has 0 bridgehead atoms. The van der Waals surface area contributed by atoms with E-state index in [1.54, 1.807) is 6.20 Å². The number of carbonyl (C=O) groups excluding carboxylic acids is 1. The number of piperidine rings is 1. The first-order valence-corrected chi connectivity index (χ1v) is 11.3. The van der Waals surface area contributed by atoms with E-state index in [0.29, 0.717) is 13.1 Å². The molecule has 1 amide bonds. The van der Waals surface area contributed by atoms with Crippen molar-refractivity contribution < 1.29 is 9.53 Å². The summed E-state index contributed by atoms with van der Waals surface area (Å²) in [6.45, 7) is 7.41. The number of ether oxygens (including phenoxy) is 1. The van der Waals surface area contributed by atoms with Crippen LogP contribution in [0.25, 0.3) is 0 Å². The molecule has 31 heavy (non-hydrogen) atoms. The van der Waals surface area contributed by atoms with Crippen LogP contribution in [0.3, 0.4) is 0 Å². The third-order valence-corrected chi connectivity index (χ3v) is 5.55. The molecule has 0 aromatic carbocycles. The van der Waals surface area contributed by atoms with Gasteiger partial charge < -0.3 is 26.0 Å². The van der Waals surface area contributed by atoms with Gasteiger partial charge in [-0.15, -0.1) is 24.0 Å². The van der Waals surface area contributed by atoms with E-state index in [2.05, 4.69) is 33.5 Å². The van der Waals surface area contributed by atoms with Gasteiger partial charge in [-0.2, -0.15) is 0 Å². The number of aromatic nitrogens is 1. The predicted molar refractivity (Wildman–Crippen MR) is 135 cm³/mol. The molecule has 1 aliphatic heterocycles. The molecule has 3 rings (SSSR count). The van der Waals surface area contributed by atoms with Gasteiger partial charge in [0, 0.05) is 51.2 Å². The number of guanidine groups is 1. The van der Waals surface area contributed by atoms with Crippen LogP contribution in [0, 0.1) is 11.8 Å². The van der Waals surface area contributed by atoms with Crippen LogP contribution in [0.5, 0.6) is 0 Å². The Labute approximate surface area is 202 Å². The van der Waals surface area contributed by atoms with E-state index in [4.69, 9.17) is 15.5 Å². The highest BCUT2D eigenvalue weighted by Crippen LogP contribution is 2.28. The third-order valence-electron chi connectivity index (χ3n) is 5.55. The minimum Gasteiger partial charge on any atom is -0.381 e. The first kappa shape index (κ1) is 25.6. The molecule has 1 aromatic heterocycles. The summed E-state index contributed by atoms with van der Waals surface area (Å²) in [7, 11) is 0. The summed E-state index contributed by atoms with van der Waals surface area (Å²) in [5, 5.41) is 6.68. The molecule has 1 saturated heterocycles. The second kappa shape index (κ2) is 13.7. The number of anilines is 1. The summed E-state index contributed by atoms with van der Waals surface area (Å²) in [6, 6.07) is 3.98. The monoisotopic (exact) mass is 544 g/mol. The number of nitrogens with one attached hydrogen (secondary N) is 2. The van der Waals surface area contributed by atoms with Crippen LogP contribution >= 0.6 is 24.0 Å². The van der Waals surface area contributed by atoms with Gasteiger partial charge in [0.15, 0.2) is 5.96 Å². The lowest BCUT2D eigenvalue weighted by Gasteiger charge is -2.33. The van der Waals surface area contributed by atoms with Crippen molar-refractivity contribution in [2.24, 2.45) is 22.6 Å². The van der Waals surface area contributed by atoms with Crippen molar-refractivity contribution in [1.82, 2.24) is 15.6 Å². The van der Waals surface area contributed by atoms with Crippen LogP contribution in [0.15, 0.2) is 23.3 Å². The lowest BCUT2D eigenvalue weighted by Crippen LogP contribution is -2.42. The van der Waals surface area contributed by atoms with Gasteiger partial charge in [-0.3, -0.25) is 4.79 Å². The zero-order valence-electron chi connectivity index (χ0n) is 18.5. The van der Waals surface area contributed by atoms with E-state index >= 15 is 0 Å². The Bertz CT molecular complexity index is 713. The molecule has 2 heterocycles. The predicted octanol–water partition coefficient (Wildman–Crippen LogP) is 2.27. The average molecular weight is 544 g/mol. The number of primary amides is 1. The molecule has 1 unspecified atom stereocenters. The number of pyridine rings is 1. The number of hydrogen-bond donors (Lipinski definition) is 3. The summed E-state index contributed by atoms with van der Waals surface area (Å²) in [6.07, 6.45) is 7.20. The first-order chi connectivity index (χ1) is 14.7. The quantitative estimate of drug-likeness (QED) is 0.171. The smallest absolute Gasteiger partial charge is 0.222 e. The number of carbonyl (C=O) groups is 1. The maximum Gasteiger partial charge on any atom is 0.222 e. The summed E-state index contributed by atoms with van der Waals surface area (Å²) in [5.74, 6) is 2.16. The number of rotatable bonds is 11. The molecule has 1 saturated carbocycles. The third kappa shape index (κ3) is 8.80. The summed E-state index contributed by atoms with van der Waals surface area (Å²) >= 11 is 0. The van der Waals surface area contributed by atoms with E-state index in [1.165, 1.54) is 12.8 Å². The van der Waals surface area contributed by atoms with Crippen molar-refractivity contribution in [3.8, 4) is 0 Å². The maximum atomic E-state index is 11.6. The minimum atomic E-state index is -0.227. The summed E-state index contributed by atoms with van der Waals surface area (Å²) in [5.41, 5.74) is 6.59. The molecule has 1 atom stereocenters. The molecule has 0 spiro atoms. The fourth-order valence-electron chi connectivity index (χ4n) is 3.66. The lowest BCUT2D eigenvalue weighted by atomic mass is 9.97. The Morgan fingerprint density at radius 2 is 2.19 bits per heavy atom. The van der Waals surface area contributed by atoms with Crippen molar-refractivity contribution >= 4 is 41.7 Å². The van der Waals surface area contributed by atoms with Crippen LogP contribution in [-0.2, 0) is 16.1 Å². The zero-order chi connectivity index (χ0) is 21.2. The van der Waals surface area contributed by atoms with Crippen molar-refractivity contribution in [2.75, 3.05) is 44.3 Å². The molecule has 2 aliphatic rings. The molecule has 1 aliphatic carbocycles. The van der Waals surface area contributed by atoms with Gasteiger partial charge in [-0.1, -0.05) is 6.07 Å². The Hall–Kier alpha value is -1.62. The molecule has 2 fully saturated rings. The Kier molecular flexibility index (Phi) is 11.3. The SMILES string of the molecule is CCNC(=NCc1cccnc1N1CCCC(C(N)=O)C1)NCCCOCC1CC1.I. The van der Waals surface area contributed by atoms with Gasteiger partial charge >= 0.3 is 0 Å². The number of aliphatic imine (C=N–C) groups is 1. The second-order valence-corrected chi connectivity index (χ2v) is 8.17. The second-order valence-electron chi connectivity index (χ2n) is 8.17. The topological polar surface area (TPSA) is 105 Å². The van der Waals surface area contributed by atoms with E-state index in [-0.39, 0.29) is 35.8 Å². The molecule has 4 N–H and O–H groups in total. The van der Waals surface area contributed by atoms with Crippen molar-refractivity contribution in [1.29, 1.82) is 0 Å². The van der Waals surface area contributed by atoms with E-state index in [9.17, 15) is 4.79 Å². The van der Waals surface area contributed by atoms with E-state index < -0.39 is 0 Å². The summed E-state index contributed by atoms with van der Waals surface area (Å²) in [4.78, 5) is 23.1. The Balaban J connectivity index is 0.00000341. The highest BCUT2D eigenvalue weighted by Gasteiger charge is 2.26. The fraction of sp³-hybridized carbons (Fsp3) is 0.682. The van der Waals surface area contributed by atoms with E-state index in [1.807, 2.05) is 6.07 Å². The average Bonchev–Trinajstić information content (AvgIpc) is 3.59. The fourth-order valence-corrected chi connectivity index (χ4v) is 3.66. The van der Waals surface area contributed by atoms with Gasteiger partial charge in [0.2, 0.25) is 5.91 Å². The molecular formula is C22H37IN6O2. The van der Waals surface area contributed by atoms with Crippen LogP contribution in [0.4, 0.5) is 5.82 Å². The number of halogens is 1. The van der Waals surface area contributed by atoms with Crippen LogP contribution < -0.4 is 21.3 Å². The largest absolute Gasteiger partial charge is 0.381 e. The van der Waals surface area contributed by atoms with Crippen molar-refractivity contribution in [2.45, 2.75) is 45.6 Å². The zero-order valence-corrected chi connectivity index (χ0v) is 20.8. The van der Waals surface area contributed by atoms with Crippen LogP contribution in [0.2, 0.25) is 0 Å². The molecule has 174 valence electrons. The lowest BCUT2D eigenvalue weighted by molar-refractivity contribution is -0.122. The molecular weight excluding hydrogens is 507 g/mol. The Morgan fingerprint density at radius 1 is 1.35 bits per heavy atom. The number of nitrogens with two attached hydrogens (primary N) is 1. The summed E-state index contributed by atoms with van der Waals surface area (Å²) < 4.78 is 5.69. The van der Waals surface area contributed by atoms with E-state index in [0.717, 1.165) is 75.4 Å². The normalized spacial score (nSPS) is 18.9. The number of nitrogens with zero attached hydrogens (tertiary/aromatic N) is 3. The first-order valence-electron chi connectivity index (χ1n) is 11.3. The number of hydrogen-bond acceptors (Lipinski definition) is 5. The van der Waals surface area contributed by atoms with Gasteiger partial charge in [0.1, 0.15) is 5.82 Å². The van der Waals surface area contributed by atoms with Crippen molar-refractivity contribution in [3.63, 3.8) is 0 Å². The standard InChI is InChI=1S/C22H36N6O2.HI/c1-2-24-22(26-11-5-13-30-16-17-8-9-17)27-14-18-6-3-10-25-21(18)28-12-4-7-19(15-28)20(23)29;/h3,6,10,17,19H,2,4-5,7-9,11-16H2,1H3,(H2,23,29)(H2,24,26,27);1H. The maximum absolute atomic E-state index is 11.6. The van der Waals surface area contributed by atoms with Crippen LogP contribution in [-0.4, -0.2) is 56.2 Å². The minimum absolute atomic E-state index is 0. The van der Waals surface area contributed by atoms with Gasteiger partial charge in [0.05, 0.1) is 12.5 Å². The number of amides is 1. The molecule has 0 radical (unpaired) electrons. The molecule has 8 nitrogen and oxygen atoms in total. The van der Waals surface area contributed by atoms with Gasteiger partial charge in [-0.05, 0) is 51.0 Å². The van der Waals surface area contributed by atoms with Crippen LogP contribution in [0.1, 0.15) is 44.6 Å². The van der Waals surface area contributed by atoms with Gasteiger partial charge in [-0.25, -0.2) is 9.98 Å². The highest BCUT2D eigenvalue weighted by atomic mass is 127. The molecule has 1 aromatic rings. The van der Waals surface area contributed by atoms with Crippen molar-refractivity contribution in [3.05, 3.63) is 23.9 Å². The van der Waals surface area contributed by atoms with Gasteiger partial charge in [0.25, 0.3) is 0 Å².